The topological polar surface area (TPSA) is 54.5 Å². The predicted octanol–water partition coefficient (Wildman–Crippen LogP) is 1.67. The number of aromatic amines is 1. The van der Waals surface area contributed by atoms with Gasteiger partial charge in [-0.25, -0.2) is 0 Å². The van der Waals surface area contributed by atoms with E-state index in [0.29, 0.717) is 5.92 Å². The summed E-state index contributed by atoms with van der Waals surface area (Å²) in [4.78, 5) is 0. The third-order valence-electron chi connectivity index (χ3n) is 2.93. The monoisotopic (exact) mass is 180 g/mol. The molecule has 1 fully saturated rings. The van der Waals surface area contributed by atoms with Gasteiger partial charge in [0.05, 0.1) is 0 Å². The number of nitrogens with zero attached hydrogens (tertiary/aromatic N) is 3. The van der Waals surface area contributed by atoms with Crippen molar-refractivity contribution < 1.29 is 0 Å². The summed E-state index contributed by atoms with van der Waals surface area (Å²) in [5.74, 6) is 1.63. The lowest BCUT2D eigenvalue weighted by Gasteiger charge is -2.40. The Balaban J connectivity index is 2.16. The van der Waals surface area contributed by atoms with E-state index in [2.05, 4.69) is 34.5 Å². The highest BCUT2D eigenvalue weighted by Gasteiger charge is 2.42. The summed E-state index contributed by atoms with van der Waals surface area (Å²) in [7, 11) is 0. The van der Waals surface area contributed by atoms with Crippen LogP contribution < -0.4 is 0 Å². The molecule has 1 aromatic heterocycles. The third-order valence-corrected chi connectivity index (χ3v) is 2.93. The fraction of sp³-hybridized carbons (Fsp3) is 0.889. The second kappa shape index (κ2) is 3.09. The second-order valence-corrected chi connectivity index (χ2v) is 4.47. The van der Waals surface area contributed by atoms with Gasteiger partial charge >= 0.3 is 0 Å². The Kier molecular flexibility index (Phi) is 2.06. The summed E-state index contributed by atoms with van der Waals surface area (Å²) in [5.41, 5.74) is 0.251. The lowest BCUT2D eigenvalue weighted by atomic mass is 9.64. The Morgan fingerprint density at radius 2 is 2.23 bits per heavy atom. The molecule has 0 spiro atoms. The molecule has 1 aromatic rings. The maximum absolute atomic E-state index is 4.12. The highest BCUT2D eigenvalue weighted by atomic mass is 15.5. The van der Waals surface area contributed by atoms with Crippen LogP contribution >= 0.6 is 0 Å². The lowest BCUT2D eigenvalue weighted by molar-refractivity contribution is 0.187. The molecule has 1 aliphatic carbocycles. The standard InChI is InChI=1S/C9H16N4/c1-7(2)6-9(4-3-5-9)8-10-12-13-11-8/h7H,3-6H2,1-2H3,(H,10,11,12,13). The Hall–Kier alpha value is -0.930. The van der Waals surface area contributed by atoms with Crippen LogP contribution in [0.1, 0.15) is 45.4 Å². The first-order valence-corrected chi connectivity index (χ1v) is 4.97. The molecule has 1 aliphatic rings. The highest BCUT2D eigenvalue weighted by molar-refractivity contribution is 5.10. The SMILES string of the molecule is CC(C)CC1(c2nn[nH]n2)CCC1. The summed E-state index contributed by atoms with van der Waals surface area (Å²) in [6, 6.07) is 0. The van der Waals surface area contributed by atoms with Gasteiger partial charge in [-0.15, -0.1) is 10.2 Å². The van der Waals surface area contributed by atoms with Gasteiger partial charge in [-0.05, 0) is 25.2 Å². The second-order valence-electron chi connectivity index (χ2n) is 4.47. The maximum atomic E-state index is 4.12. The quantitative estimate of drug-likeness (QED) is 0.769. The molecule has 72 valence electrons. The van der Waals surface area contributed by atoms with Crippen LogP contribution in [0.4, 0.5) is 0 Å². The molecule has 0 saturated heterocycles. The average Bonchev–Trinajstić information content (AvgIpc) is 2.48. The van der Waals surface area contributed by atoms with Gasteiger partial charge in [0.1, 0.15) is 0 Å². The number of nitrogens with one attached hydrogen (secondary N) is 1. The first-order chi connectivity index (χ1) is 6.23. The van der Waals surface area contributed by atoms with Crippen molar-refractivity contribution in [2.24, 2.45) is 5.92 Å². The van der Waals surface area contributed by atoms with E-state index in [1.807, 2.05) is 0 Å². The van der Waals surface area contributed by atoms with Crippen molar-refractivity contribution in [2.45, 2.75) is 44.9 Å². The van der Waals surface area contributed by atoms with E-state index in [4.69, 9.17) is 0 Å². The predicted molar refractivity (Wildman–Crippen MR) is 49.2 cm³/mol. The zero-order valence-electron chi connectivity index (χ0n) is 8.25. The number of hydrogen-bond donors (Lipinski definition) is 1. The Morgan fingerprint density at radius 1 is 1.46 bits per heavy atom. The van der Waals surface area contributed by atoms with Crippen molar-refractivity contribution in [3.8, 4) is 0 Å². The minimum absolute atomic E-state index is 0.251. The van der Waals surface area contributed by atoms with Gasteiger partial charge in [-0.1, -0.05) is 25.5 Å². The van der Waals surface area contributed by atoms with E-state index in [-0.39, 0.29) is 5.41 Å². The lowest BCUT2D eigenvalue weighted by Crippen LogP contribution is -2.36. The summed E-state index contributed by atoms with van der Waals surface area (Å²) in [6.07, 6.45) is 4.95. The molecule has 0 bridgehead atoms. The van der Waals surface area contributed by atoms with Crippen molar-refractivity contribution in [1.82, 2.24) is 20.6 Å². The van der Waals surface area contributed by atoms with E-state index < -0.39 is 0 Å². The van der Waals surface area contributed by atoms with Crippen LogP contribution in [0.15, 0.2) is 0 Å². The zero-order chi connectivity index (χ0) is 9.31. The molecular weight excluding hydrogens is 164 g/mol. The fourth-order valence-electron chi connectivity index (χ4n) is 2.29. The smallest absolute Gasteiger partial charge is 0.177 e. The molecule has 0 aliphatic heterocycles. The first-order valence-electron chi connectivity index (χ1n) is 4.97. The molecule has 2 rings (SSSR count). The van der Waals surface area contributed by atoms with Crippen LogP contribution in [0.5, 0.6) is 0 Å². The van der Waals surface area contributed by atoms with E-state index >= 15 is 0 Å². The molecule has 0 aromatic carbocycles. The highest BCUT2D eigenvalue weighted by Crippen LogP contribution is 2.46. The minimum Gasteiger partial charge on any atom is -0.177 e. The third kappa shape index (κ3) is 1.45. The van der Waals surface area contributed by atoms with Gasteiger partial charge in [0.15, 0.2) is 5.82 Å². The number of aromatic nitrogens is 4. The molecule has 1 heterocycles. The summed E-state index contributed by atoms with van der Waals surface area (Å²) < 4.78 is 0. The maximum Gasteiger partial charge on any atom is 0.180 e. The van der Waals surface area contributed by atoms with Crippen LogP contribution in [-0.2, 0) is 5.41 Å². The van der Waals surface area contributed by atoms with E-state index in [0.717, 1.165) is 5.82 Å². The van der Waals surface area contributed by atoms with Crippen LogP contribution in [0, 0.1) is 5.92 Å². The molecular formula is C9H16N4. The van der Waals surface area contributed by atoms with E-state index in [1.54, 1.807) is 0 Å². The molecule has 0 radical (unpaired) electrons. The van der Waals surface area contributed by atoms with Crippen molar-refractivity contribution in [3.63, 3.8) is 0 Å². The Bertz CT molecular complexity index is 261. The van der Waals surface area contributed by atoms with Crippen molar-refractivity contribution in [3.05, 3.63) is 5.82 Å². The number of H-pyrrole nitrogens is 1. The van der Waals surface area contributed by atoms with Gasteiger partial charge in [0.2, 0.25) is 0 Å². The Morgan fingerprint density at radius 3 is 2.62 bits per heavy atom. The summed E-state index contributed by atoms with van der Waals surface area (Å²) in [5, 5.41) is 14.4. The largest absolute Gasteiger partial charge is 0.180 e. The molecule has 0 amide bonds. The summed E-state index contributed by atoms with van der Waals surface area (Å²) in [6.45, 7) is 4.50. The van der Waals surface area contributed by atoms with Crippen molar-refractivity contribution >= 4 is 0 Å². The molecule has 4 nitrogen and oxygen atoms in total. The van der Waals surface area contributed by atoms with Gasteiger partial charge < -0.3 is 0 Å². The number of hydrogen-bond acceptors (Lipinski definition) is 3. The van der Waals surface area contributed by atoms with Crippen LogP contribution in [0.2, 0.25) is 0 Å². The molecule has 13 heavy (non-hydrogen) atoms. The zero-order valence-corrected chi connectivity index (χ0v) is 8.25. The van der Waals surface area contributed by atoms with Gasteiger partial charge in [0, 0.05) is 5.41 Å². The average molecular weight is 180 g/mol. The Labute approximate surface area is 78.1 Å². The molecule has 0 atom stereocenters. The van der Waals surface area contributed by atoms with Crippen molar-refractivity contribution in [2.75, 3.05) is 0 Å². The molecule has 1 saturated carbocycles. The normalized spacial score (nSPS) is 20.2. The number of rotatable bonds is 3. The van der Waals surface area contributed by atoms with Crippen molar-refractivity contribution in [1.29, 1.82) is 0 Å². The first kappa shape index (κ1) is 8.66. The number of tetrazole rings is 1. The fourth-order valence-corrected chi connectivity index (χ4v) is 2.29. The van der Waals surface area contributed by atoms with Crippen LogP contribution in [0.3, 0.4) is 0 Å². The van der Waals surface area contributed by atoms with Gasteiger partial charge in [-0.2, -0.15) is 5.21 Å². The van der Waals surface area contributed by atoms with E-state index in [9.17, 15) is 0 Å². The minimum atomic E-state index is 0.251. The molecule has 4 heteroatoms. The van der Waals surface area contributed by atoms with Crippen LogP contribution in [-0.4, -0.2) is 20.6 Å². The van der Waals surface area contributed by atoms with Gasteiger partial charge in [-0.3, -0.25) is 0 Å². The molecule has 1 N–H and O–H groups in total. The van der Waals surface area contributed by atoms with Gasteiger partial charge in [0.25, 0.3) is 0 Å². The van der Waals surface area contributed by atoms with Crippen LogP contribution in [0.25, 0.3) is 0 Å². The molecule has 0 unspecified atom stereocenters. The summed E-state index contributed by atoms with van der Waals surface area (Å²) >= 11 is 0. The van der Waals surface area contributed by atoms with E-state index in [1.165, 1.54) is 25.7 Å².